The summed E-state index contributed by atoms with van der Waals surface area (Å²) in [6.07, 6.45) is 3.95. The van der Waals surface area contributed by atoms with Crippen molar-refractivity contribution in [1.29, 1.82) is 0 Å². The molecule has 0 fully saturated rings. The largest absolute Gasteiger partial charge is 0.497 e. The monoisotopic (exact) mass is 445 g/mol. The van der Waals surface area contributed by atoms with Crippen LogP contribution in [0.25, 0.3) is 11.3 Å². The molecule has 2 heterocycles. The molecular weight excluding hydrogens is 422 g/mol. The van der Waals surface area contributed by atoms with Gasteiger partial charge in [-0.3, -0.25) is 14.7 Å². The van der Waals surface area contributed by atoms with Crippen molar-refractivity contribution in [2.45, 2.75) is 6.42 Å². The molecule has 2 aromatic carbocycles. The molecule has 0 N–H and O–H groups in total. The average molecular weight is 446 g/mol. The third-order valence-electron chi connectivity index (χ3n) is 5.03. The number of benzene rings is 2. The molecule has 1 amide bonds. The molecule has 6 nitrogen and oxygen atoms in total. The van der Waals surface area contributed by atoms with Crippen molar-refractivity contribution in [3.05, 3.63) is 89.6 Å². The third-order valence-corrected chi connectivity index (χ3v) is 5.89. The predicted molar refractivity (Wildman–Crippen MR) is 127 cm³/mol. The molecule has 0 aliphatic rings. The molecule has 0 aliphatic carbocycles. The van der Waals surface area contributed by atoms with Crippen LogP contribution in [0.2, 0.25) is 0 Å². The molecule has 0 saturated heterocycles. The van der Waals surface area contributed by atoms with Crippen LogP contribution in [-0.2, 0) is 6.42 Å². The van der Waals surface area contributed by atoms with Crippen molar-refractivity contribution >= 4 is 22.4 Å². The second-order valence-electron chi connectivity index (χ2n) is 7.02. The van der Waals surface area contributed by atoms with Crippen molar-refractivity contribution in [2.24, 2.45) is 0 Å². The smallest absolute Gasteiger partial charge is 0.261 e. The number of pyridine rings is 1. The van der Waals surface area contributed by atoms with Gasteiger partial charge in [0.2, 0.25) is 0 Å². The third kappa shape index (κ3) is 4.78. The Labute approximate surface area is 191 Å². The normalized spacial score (nSPS) is 10.6. The van der Waals surface area contributed by atoms with Crippen molar-refractivity contribution in [3.8, 4) is 22.8 Å². The highest BCUT2D eigenvalue weighted by molar-refractivity contribution is 7.14. The van der Waals surface area contributed by atoms with Gasteiger partial charge >= 0.3 is 0 Å². The lowest BCUT2D eigenvalue weighted by Gasteiger charge is -2.20. The fourth-order valence-corrected chi connectivity index (χ4v) is 4.19. The maximum absolute atomic E-state index is 13.3. The first kappa shape index (κ1) is 21.5. The number of methoxy groups -OCH3 is 2. The lowest BCUT2D eigenvalue weighted by molar-refractivity contribution is 0.0987. The van der Waals surface area contributed by atoms with E-state index >= 15 is 0 Å². The van der Waals surface area contributed by atoms with Gasteiger partial charge in [0.15, 0.2) is 5.13 Å². The van der Waals surface area contributed by atoms with Gasteiger partial charge in [0.1, 0.15) is 11.5 Å². The van der Waals surface area contributed by atoms with Gasteiger partial charge in [-0.15, -0.1) is 11.3 Å². The van der Waals surface area contributed by atoms with E-state index < -0.39 is 0 Å². The molecule has 4 rings (SSSR count). The molecule has 162 valence electrons. The number of rotatable bonds is 8. The van der Waals surface area contributed by atoms with Gasteiger partial charge in [-0.25, -0.2) is 4.98 Å². The summed E-state index contributed by atoms with van der Waals surface area (Å²) in [5, 5.41) is 2.55. The van der Waals surface area contributed by atoms with Gasteiger partial charge in [0, 0.05) is 29.9 Å². The van der Waals surface area contributed by atoms with Gasteiger partial charge < -0.3 is 9.47 Å². The fraction of sp³-hybridized carbons (Fsp3) is 0.160. The first-order chi connectivity index (χ1) is 15.7. The number of carbonyl (C=O) groups excluding carboxylic acids is 1. The predicted octanol–water partition coefficient (Wildman–Crippen LogP) is 5.11. The van der Waals surface area contributed by atoms with Gasteiger partial charge in [0.25, 0.3) is 5.91 Å². The maximum Gasteiger partial charge on any atom is 0.261 e. The Hall–Kier alpha value is -3.71. The Morgan fingerprint density at radius 3 is 2.59 bits per heavy atom. The van der Waals surface area contributed by atoms with Crippen molar-refractivity contribution in [1.82, 2.24) is 9.97 Å². The summed E-state index contributed by atoms with van der Waals surface area (Å²) >= 11 is 1.42. The SMILES string of the molecule is COc1ccc(OC)c(-c2csc(N(CCc3ccccc3)C(=O)c3cccnc3)n2)c1. The van der Waals surface area contributed by atoms with E-state index in [0.29, 0.717) is 35.2 Å². The molecule has 4 aromatic rings. The number of amides is 1. The standard InChI is InChI=1S/C25H23N3O3S/c1-30-20-10-11-23(31-2)21(15-20)22-17-32-25(27-22)28(14-12-18-7-4-3-5-8-18)24(29)19-9-6-13-26-16-19/h3-11,13,15-17H,12,14H2,1-2H3. The number of nitrogens with zero attached hydrogens (tertiary/aromatic N) is 3. The van der Waals surface area contributed by atoms with Crippen LogP contribution in [0, 0.1) is 0 Å². The number of aromatic nitrogens is 2. The topological polar surface area (TPSA) is 64.6 Å². The zero-order valence-electron chi connectivity index (χ0n) is 17.9. The van der Waals surface area contributed by atoms with Crippen LogP contribution >= 0.6 is 11.3 Å². The van der Waals surface area contributed by atoms with Crippen LogP contribution in [0.15, 0.2) is 78.4 Å². The number of hydrogen-bond donors (Lipinski definition) is 0. The summed E-state index contributed by atoms with van der Waals surface area (Å²) in [6.45, 7) is 0.500. The lowest BCUT2D eigenvalue weighted by Crippen LogP contribution is -2.33. The molecule has 0 unspecified atom stereocenters. The molecule has 0 radical (unpaired) electrons. The highest BCUT2D eigenvalue weighted by Crippen LogP contribution is 2.36. The lowest BCUT2D eigenvalue weighted by atomic mass is 10.1. The van der Waals surface area contributed by atoms with Crippen LogP contribution in [-0.4, -0.2) is 36.6 Å². The maximum atomic E-state index is 13.3. The number of carbonyl (C=O) groups is 1. The van der Waals surface area contributed by atoms with E-state index in [4.69, 9.17) is 14.5 Å². The number of anilines is 1. The second kappa shape index (κ2) is 10.1. The van der Waals surface area contributed by atoms with Gasteiger partial charge in [-0.2, -0.15) is 0 Å². The molecule has 2 aromatic heterocycles. The van der Waals surface area contributed by atoms with E-state index in [-0.39, 0.29) is 5.91 Å². The van der Waals surface area contributed by atoms with E-state index in [0.717, 1.165) is 16.8 Å². The fourth-order valence-electron chi connectivity index (χ4n) is 3.34. The Balaban J connectivity index is 1.67. The molecule has 0 atom stereocenters. The minimum absolute atomic E-state index is 0.132. The average Bonchev–Trinajstić information content (AvgIpc) is 3.34. The quantitative estimate of drug-likeness (QED) is 0.377. The van der Waals surface area contributed by atoms with Crippen molar-refractivity contribution in [3.63, 3.8) is 0 Å². The summed E-state index contributed by atoms with van der Waals surface area (Å²) in [5.74, 6) is 1.27. The number of thiazole rings is 1. The summed E-state index contributed by atoms with van der Waals surface area (Å²) in [5.41, 5.74) is 3.22. The number of ether oxygens (including phenoxy) is 2. The zero-order valence-corrected chi connectivity index (χ0v) is 18.7. The van der Waals surface area contributed by atoms with E-state index in [2.05, 4.69) is 17.1 Å². The van der Waals surface area contributed by atoms with Gasteiger partial charge in [-0.1, -0.05) is 30.3 Å². The molecule has 0 spiro atoms. The van der Waals surface area contributed by atoms with Crippen molar-refractivity contribution in [2.75, 3.05) is 25.7 Å². The summed E-state index contributed by atoms with van der Waals surface area (Å²) < 4.78 is 10.9. The van der Waals surface area contributed by atoms with Gasteiger partial charge in [-0.05, 0) is 42.3 Å². The molecule has 0 aliphatic heterocycles. The minimum atomic E-state index is -0.132. The van der Waals surface area contributed by atoms with Crippen LogP contribution in [0.4, 0.5) is 5.13 Å². The van der Waals surface area contributed by atoms with Crippen LogP contribution in [0.3, 0.4) is 0 Å². The molecule has 0 bridgehead atoms. The Morgan fingerprint density at radius 1 is 1.03 bits per heavy atom. The van der Waals surface area contributed by atoms with E-state index in [1.807, 2.05) is 41.8 Å². The molecular formula is C25H23N3O3S. The molecule has 0 saturated carbocycles. The van der Waals surface area contributed by atoms with Crippen LogP contribution < -0.4 is 14.4 Å². The highest BCUT2D eigenvalue weighted by atomic mass is 32.1. The summed E-state index contributed by atoms with van der Waals surface area (Å²) in [6, 6.07) is 19.2. The van der Waals surface area contributed by atoms with E-state index in [1.54, 1.807) is 43.6 Å². The molecule has 32 heavy (non-hydrogen) atoms. The first-order valence-electron chi connectivity index (χ1n) is 10.1. The second-order valence-corrected chi connectivity index (χ2v) is 7.85. The first-order valence-corrected chi connectivity index (χ1v) is 11.0. The van der Waals surface area contributed by atoms with Crippen molar-refractivity contribution < 1.29 is 14.3 Å². The summed E-state index contributed by atoms with van der Waals surface area (Å²) in [4.78, 5) is 23.9. The van der Waals surface area contributed by atoms with E-state index in [1.165, 1.54) is 11.3 Å². The summed E-state index contributed by atoms with van der Waals surface area (Å²) in [7, 11) is 3.24. The van der Waals surface area contributed by atoms with Crippen LogP contribution in [0.5, 0.6) is 11.5 Å². The highest BCUT2D eigenvalue weighted by Gasteiger charge is 2.22. The zero-order chi connectivity index (χ0) is 22.3. The van der Waals surface area contributed by atoms with E-state index in [9.17, 15) is 4.79 Å². The number of hydrogen-bond acceptors (Lipinski definition) is 6. The van der Waals surface area contributed by atoms with Gasteiger partial charge in [0.05, 0.1) is 25.5 Å². The Kier molecular flexibility index (Phi) is 6.77. The minimum Gasteiger partial charge on any atom is -0.497 e. The van der Waals surface area contributed by atoms with Crippen LogP contribution in [0.1, 0.15) is 15.9 Å². The molecule has 7 heteroatoms. The Bertz CT molecular complexity index is 1180. The Morgan fingerprint density at radius 2 is 1.88 bits per heavy atom.